The van der Waals surface area contributed by atoms with Gasteiger partial charge in [-0.05, 0) is 24.6 Å². The molecule has 0 unspecified atom stereocenters. The van der Waals surface area contributed by atoms with E-state index in [0.717, 1.165) is 15.7 Å². The third-order valence-corrected chi connectivity index (χ3v) is 2.71. The minimum Gasteiger partial charge on any atom is -0.337 e. The van der Waals surface area contributed by atoms with Crippen molar-refractivity contribution in [2.24, 2.45) is 5.73 Å². The summed E-state index contributed by atoms with van der Waals surface area (Å²) in [5.41, 5.74) is 7.14. The first-order valence-corrected chi connectivity index (χ1v) is 5.44. The quantitative estimate of drug-likeness (QED) is 0.786. The lowest BCUT2D eigenvalue weighted by atomic mass is 10.2. The fourth-order valence-corrected chi connectivity index (χ4v) is 1.41. The van der Waals surface area contributed by atoms with Crippen molar-refractivity contribution in [3.05, 3.63) is 28.2 Å². The van der Waals surface area contributed by atoms with E-state index < -0.39 is 0 Å². The van der Waals surface area contributed by atoms with Crippen LogP contribution >= 0.6 is 15.9 Å². The first-order valence-electron chi connectivity index (χ1n) is 4.64. The van der Waals surface area contributed by atoms with Gasteiger partial charge in [0.2, 0.25) is 0 Å². The molecule has 0 radical (unpaired) electrons. The predicted octanol–water partition coefficient (Wildman–Crippen LogP) is 1.84. The minimum atomic E-state index is -0.240. The minimum absolute atomic E-state index is 0.240. The third-order valence-electron chi connectivity index (χ3n) is 1.86. The molecule has 15 heavy (non-hydrogen) atoms. The number of aryl methyl sites for hydroxylation is 1. The molecule has 0 saturated carbocycles. The van der Waals surface area contributed by atoms with E-state index in [2.05, 4.69) is 26.6 Å². The molecule has 0 atom stereocenters. The zero-order valence-corrected chi connectivity index (χ0v) is 10.1. The smallest absolute Gasteiger partial charge is 0.319 e. The van der Waals surface area contributed by atoms with Crippen LogP contribution in [0.25, 0.3) is 0 Å². The molecular weight excluding hydrogens is 258 g/mol. The Balaban J connectivity index is 2.57. The number of carbonyl (C=O) groups excluding carboxylic acids is 1. The summed E-state index contributed by atoms with van der Waals surface area (Å²) in [6.45, 7) is 2.90. The molecule has 82 valence electrons. The number of carbonyl (C=O) groups is 1. The Morgan fingerprint density at radius 2 is 2.27 bits per heavy atom. The van der Waals surface area contributed by atoms with Gasteiger partial charge in [-0.15, -0.1) is 0 Å². The van der Waals surface area contributed by atoms with Gasteiger partial charge in [0.05, 0.1) is 0 Å². The average molecular weight is 272 g/mol. The summed E-state index contributed by atoms with van der Waals surface area (Å²) in [7, 11) is 0. The second-order valence-electron chi connectivity index (χ2n) is 3.13. The molecular formula is C10H14BrN3O. The fraction of sp³-hybridized carbons (Fsp3) is 0.300. The maximum Gasteiger partial charge on any atom is 0.319 e. The number of nitrogens with one attached hydrogen (secondary N) is 2. The van der Waals surface area contributed by atoms with Crippen LogP contribution in [0.4, 0.5) is 10.5 Å². The Labute approximate surface area is 97.4 Å². The van der Waals surface area contributed by atoms with Crippen molar-refractivity contribution in [3.8, 4) is 0 Å². The second kappa shape index (κ2) is 5.72. The van der Waals surface area contributed by atoms with Crippen LogP contribution < -0.4 is 16.4 Å². The van der Waals surface area contributed by atoms with Crippen LogP contribution in [0.3, 0.4) is 0 Å². The van der Waals surface area contributed by atoms with Crippen molar-refractivity contribution in [1.82, 2.24) is 5.32 Å². The molecule has 0 spiro atoms. The van der Waals surface area contributed by atoms with Gasteiger partial charge >= 0.3 is 6.03 Å². The van der Waals surface area contributed by atoms with E-state index >= 15 is 0 Å². The monoisotopic (exact) mass is 271 g/mol. The van der Waals surface area contributed by atoms with E-state index in [4.69, 9.17) is 5.73 Å². The van der Waals surface area contributed by atoms with Crippen molar-refractivity contribution in [2.45, 2.75) is 6.92 Å². The van der Waals surface area contributed by atoms with Gasteiger partial charge < -0.3 is 16.4 Å². The molecule has 0 saturated heterocycles. The Bertz CT molecular complexity index is 355. The Kier molecular flexibility index (Phi) is 4.58. The molecule has 0 aliphatic carbocycles. The number of amides is 2. The summed E-state index contributed by atoms with van der Waals surface area (Å²) < 4.78 is 0.971. The zero-order valence-electron chi connectivity index (χ0n) is 8.51. The normalized spacial score (nSPS) is 9.80. The highest BCUT2D eigenvalue weighted by Gasteiger charge is 2.01. The standard InChI is InChI=1S/C10H14BrN3O/c1-7-2-3-8(6-9(7)11)14-10(15)13-5-4-12/h2-3,6H,4-5,12H2,1H3,(H2,13,14,15). The zero-order chi connectivity index (χ0) is 11.3. The number of hydrogen-bond donors (Lipinski definition) is 3. The number of benzene rings is 1. The Morgan fingerprint density at radius 3 is 2.87 bits per heavy atom. The average Bonchev–Trinajstić information content (AvgIpc) is 2.20. The molecule has 0 aliphatic rings. The van der Waals surface area contributed by atoms with Crippen molar-refractivity contribution < 1.29 is 4.79 Å². The van der Waals surface area contributed by atoms with Crippen molar-refractivity contribution in [3.63, 3.8) is 0 Å². The molecule has 1 aromatic carbocycles. The van der Waals surface area contributed by atoms with Gasteiger partial charge in [0, 0.05) is 23.2 Å². The van der Waals surface area contributed by atoms with Crippen LogP contribution in [0.5, 0.6) is 0 Å². The predicted molar refractivity (Wildman–Crippen MR) is 65.0 cm³/mol. The molecule has 0 aliphatic heterocycles. The van der Waals surface area contributed by atoms with Crippen LogP contribution in [0.2, 0.25) is 0 Å². The molecule has 0 fully saturated rings. The first-order chi connectivity index (χ1) is 7.13. The SMILES string of the molecule is Cc1ccc(NC(=O)NCCN)cc1Br. The number of rotatable bonds is 3. The van der Waals surface area contributed by atoms with Gasteiger partial charge in [0.1, 0.15) is 0 Å². The Hall–Kier alpha value is -1.07. The van der Waals surface area contributed by atoms with Gasteiger partial charge in [-0.2, -0.15) is 0 Å². The van der Waals surface area contributed by atoms with Crippen LogP contribution in [0, 0.1) is 6.92 Å². The highest BCUT2D eigenvalue weighted by atomic mass is 79.9. The summed E-state index contributed by atoms with van der Waals surface area (Å²) in [4.78, 5) is 11.3. The van der Waals surface area contributed by atoms with Crippen LogP contribution in [0.15, 0.2) is 22.7 Å². The number of hydrogen-bond acceptors (Lipinski definition) is 2. The van der Waals surface area contributed by atoms with Gasteiger partial charge in [0.25, 0.3) is 0 Å². The summed E-state index contributed by atoms with van der Waals surface area (Å²) >= 11 is 3.40. The van der Waals surface area contributed by atoms with E-state index in [1.54, 1.807) is 0 Å². The highest BCUT2D eigenvalue weighted by molar-refractivity contribution is 9.10. The van der Waals surface area contributed by atoms with Crippen LogP contribution in [0.1, 0.15) is 5.56 Å². The molecule has 1 aromatic rings. The van der Waals surface area contributed by atoms with E-state index in [1.807, 2.05) is 25.1 Å². The number of anilines is 1. The molecule has 4 N–H and O–H groups in total. The maximum absolute atomic E-state index is 11.3. The van der Waals surface area contributed by atoms with E-state index in [9.17, 15) is 4.79 Å². The van der Waals surface area contributed by atoms with Crippen LogP contribution in [-0.2, 0) is 0 Å². The summed E-state index contributed by atoms with van der Waals surface area (Å²) in [5, 5.41) is 5.33. The van der Waals surface area contributed by atoms with E-state index in [0.29, 0.717) is 13.1 Å². The van der Waals surface area contributed by atoms with E-state index in [1.165, 1.54) is 0 Å². The maximum atomic E-state index is 11.3. The fourth-order valence-electron chi connectivity index (χ4n) is 1.03. The number of urea groups is 1. The Morgan fingerprint density at radius 1 is 1.53 bits per heavy atom. The molecule has 0 aromatic heterocycles. The number of nitrogens with two attached hydrogens (primary N) is 1. The highest BCUT2D eigenvalue weighted by Crippen LogP contribution is 2.20. The van der Waals surface area contributed by atoms with Crippen molar-refractivity contribution in [1.29, 1.82) is 0 Å². The third kappa shape index (κ3) is 3.89. The molecule has 0 heterocycles. The molecule has 0 bridgehead atoms. The second-order valence-corrected chi connectivity index (χ2v) is 3.99. The summed E-state index contributed by atoms with van der Waals surface area (Å²) in [5.74, 6) is 0. The lowest BCUT2D eigenvalue weighted by molar-refractivity contribution is 0.252. The molecule has 2 amide bonds. The molecule has 4 nitrogen and oxygen atoms in total. The van der Waals surface area contributed by atoms with Crippen LogP contribution in [-0.4, -0.2) is 19.1 Å². The molecule has 1 rings (SSSR count). The van der Waals surface area contributed by atoms with E-state index in [-0.39, 0.29) is 6.03 Å². The first kappa shape index (κ1) is 12.0. The van der Waals surface area contributed by atoms with Crippen molar-refractivity contribution >= 4 is 27.6 Å². The van der Waals surface area contributed by atoms with Gasteiger partial charge in [0.15, 0.2) is 0 Å². The van der Waals surface area contributed by atoms with Crippen molar-refractivity contribution in [2.75, 3.05) is 18.4 Å². The summed E-state index contributed by atoms with van der Waals surface area (Å²) in [6, 6.07) is 5.40. The number of halogens is 1. The van der Waals surface area contributed by atoms with Gasteiger partial charge in [-0.25, -0.2) is 4.79 Å². The summed E-state index contributed by atoms with van der Waals surface area (Å²) in [6.07, 6.45) is 0. The largest absolute Gasteiger partial charge is 0.337 e. The lowest BCUT2D eigenvalue weighted by Crippen LogP contribution is -2.32. The topological polar surface area (TPSA) is 67.2 Å². The lowest BCUT2D eigenvalue weighted by Gasteiger charge is -2.07. The van der Waals surface area contributed by atoms with Gasteiger partial charge in [-0.3, -0.25) is 0 Å². The molecule has 5 heteroatoms. The van der Waals surface area contributed by atoms with Gasteiger partial charge in [-0.1, -0.05) is 22.0 Å².